The number of rotatable bonds is 5. The summed E-state index contributed by atoms with van der Waals surface area (Å²) < 4.78 is 24.0. The van der Waals surface area contributed by atoms with Gasteiger partial charge in [0.15, 0.2) is 6.61 Å². The maximum Gasteiger partial charge on any atom is 0.262 e. The molecule has 1 amide bonds. The number of carbonyl (C=O) groups excluding carboxylic acids is 1. The predicted molar refractivity (Wildman–Crippen MR) is 85.3 cm³/mol. The van der Waals surface area contributed by atoms with Crippen molar-refractivity contribution >= 4 is 23.2 Å². The van der Waals surface area contributed by atoms with Crippen molar-refractivity contribution in [1.29, 1.82) is 0 Å². The van der Waals surface area contributed by atoms with E-state index in [1.165, 1.54) is 18.5 Å². The molecule has 122 valence electrons. The van der Waals surface area contributed by atoms with E-state index in [1.807, 2.05) is 0 Å². The standard InChI is InChI=1S/C16H11ClFN3O3/c17-11-3-6-14(13(18)7-11)20-15(22)8-23-12-4-1-10(2-5-12)16-21-19-9-24-16/h1-7,9H,8H2,(H,20,22). The molecule has 1 aromatic heterocycles. The van der Waals surface area contributed by atoms with Gasteiger partial charge in [-0.2, -0.15) is 0 Å². The van der Waals surface area contributed by atoms with Crippen LogP contribution in [0, 0.1) is 5.82 Å². The van der Waals surface area contributed by atoms with E-state index in [0.29, 0.717) is 11.6 Å². The van der Waals surface area contributed by atoms with Crippen molar-refractivity contribution in [3.05, 3.63) is 59.7 Å². The number of ether oxygens (including phenoxy) is 1. The maximum absolute atomic E-state index is 13.6. The van der Waals surface area contributed by atoms with Gasteiger partial charge in [0.25, 0.3) is 5.91 Å². The Morgan fingerprint density at radius 3 is 2.71 bits per heavy atom. The smallest absolute Gasteiger partial charge is 0.262 e. The molecule has 2 aromatic carbocycles. The Kier molecular flexibility index (Phi) is 4.72. The first kappa shape index (κ1) is 15.9. The van der Waals surface area contributed by atoms with E-state index in [1.54, 1.807) is 24.3 Å². The van der Waals surface area contributed by atoms with Crippen LogP contribution in [0.3, 0.4) is 0 Å². The zero-order valence-corrected chi connectivity index (χ0v) is 13.0. The van der Waals surface area contributed by atoms with Crippen molar-refractivity contribution in [1.82, 2.24) is 10.2 Å². The Balaban J connectivity index is 1.56. The lowest BCUT2D eigenvalue weighted by atomic mass is 10.2. The minimum atomic E-state index is -0.611. The topological polar surface area (TPSA) is 77.2 Å². The third-order valence-electron chi connectivity index (χ3n) is 3.04. The molecule has 0 bridgehead atoms. The molecule has 0 aliphatic carbocycles. The lowest BCUT2D eigenvalue weighted by Crippen LogP contribution is -2.20. The molecule has 0 atom stereocenters. The largest absolute Gasteiger partial charge is 0.484 e. The summed E-state index contributed by atoms with van der Waals surface area (Å²) in [5.74, 6) is -0.237. The fraction of sp³-hybridized carbons (Fsp3) is 0.0625. The van der Waals surface area contributed by atoms with Crippen LogP contribution in [0.4, 0.5) is 10.1 Å². The average Bonchev–Trinajstić information content (AvgIpc) is 3.11. The highest BCUT2D eigenvalue weighted by Crippen LogP contribution is 2.21. The van der Waals surface area contributed by atoms with Gasteiger partial charge in [-0.15, -0.1) is 10.2 Å². The molecule has 0 saturated heterocycles. The molecule has 0 fully saturated rings. The Hall–Kier alpha value is -2.93. The second-order valence-corrected chi connectivity index (χ2v) is 5.17. The summed E-state index contributed by atoms with van der Waals surface area (Å²) in [6, 6.07) is 10.8. The first-order chi connectivity index (χ1) is 11.6. The van der Waals surface area contributed by atoms with E-state index in [-0.39, 0.29) is 17.3 Å². The zero-order valence-electron chi connectivity index (χ0n) is 12.2. The molecule has 1 N–H and O–H groups in total. The number of anilines is 1. The SMILES string of the molecule is O=C(COc1ccc(-c2nnco2)cc1)Nc1ccc(Cl)cc1F. The summed E-state index contributed by atoms with van der Waals surface area (Å²) in [5, 5.41) is 10.0. The van der Waals surface area contributed by atoms with Crippen molar-refractivity contribution in [3.63, 3.8) is 0 Å². The molecule has 0 spiro atoms. The average molecular weight is 348 g/mol. The number of benzene rings is 2. The molecular weight excluding hydrogens is 337 g/mol. The minimum absolute atomic E-state index is 0.0414. The summed E-state index contributed by atoms with van der Waals surface area (Å²) in [6.45, 7) is -0.262. The Labute approximate surface area is 141 Å². The van der Waals surface area contributed by atoms with Crippen LogP contribution in [-0.2, 0) is 4.79 Å². The van der Waals surface area contributed by atoms with E-state index in [2.05, 4.69) is 15.5 Å². The lowest BCUT2D eigenvalue weighted by Gasteiger charge is -2.08. The van der Waals surface area contributed by atoms with Gasteiger partial charge in [-0.05, 0) is 42.5 Å². The molecule has 3 aromatic rings. The van der Waals surface area contributed by atoms with Gasteiger partial charge in [-0.3, -0.25) is 4.79 Å². The Bertz CT molecular complexity index is 838. The normalized spacial score (nSPS) is 10.4. The molecule has 0 radical (unpaired) electrons. The number of hydrogen-bond donors (Lipinski definition) is 1. The van der Waals surface area contributed by atoms with Gasteiger partial charge in [0.05, 0.1) is 5.69 Å². The van der Waals surface area contributed by atoms with Gasteiger partial charge in [0, 0.05) is 10.6 Å². The van der Waals surface area contributed by atoms with Gasteiger partial charge in [0.2, 0.25) is 12.3 Å². The molecule has 0 unspecified atom stereocenters. The first-order valence-corrected chi connectivity index (χ1v) is 7.24. The fourth-order valence-electron chi connectivity index (χ4n) is 1.92. The molecule has 0 saturated carbocycles. The fourth-order valence-corrected chi connectivity index (χ4v) is 2.08. The van der Waals surface area contributed by atoms with Crippen LogP contribution in [0.2, 0.25) is 5.02 Å². The van der Waals surface area contributed by atoms with Crippen molar-refractivity contribution in [2.45, 2.75) is 0 Å². The lowest BCUT2D eigenvalue weighted by molar-refractivity contribution is -0.118. The Morgan fingerprint density at radius 2 is 2.04 bits per heavy atom. The summed E-state index contributed by atoms with van der Waals surface area (Å²) in [6.07, 6.45) is 1.24. The molecule has 0 aliphatic heterocycles. The van der Waals surface area contributed by atoms with Crippen LogP contribution in [0.5, 0.6) is 5.75 Å². The van der Waals surface area contributed by atoms with Crippen LogP contribution in [-0.4, -0.2) is 22.7 Å². The molecular formula is C16H11ClFN3O3. The van der Waals surface area contributed by atoms with Crippen LogP contribution < -0.4 is 10.1 Å². The highest BCUT2D eigenvalue weighted by Gasteiger charge is 2.09. The van der Waals surface area contributed by atoms with Crippen LogP contribution in [0.1, 0.15) is 0 Å². The number of amides is 1. The number of aromatic nitrogens is 2. The van der Waals surface area contributed by atoms with Crippen LogP contribution in [0.15, 0.2) is 53.3 Å². The summed E-state index contributed by atoms with van der Waals surface area (Å²) >= 11 is 5.65. The predicted octanol–water partition coefficient (Wildman–Crippen LogP) is 3.55. The third kappa shape index (κ3) is 3.88. The van der Waals surface area contributed by atoms with Crippen LogP contribution in [0.25, 0.3) is 11.5 Å². The quantitative estimate of drug-likeness (QED) is 0.763. The van der Waals surface area contributed by atoms with Crippen molar-refractivity contribution < 1.29 is 18.3 Å². The van der Waals surface area contributed by atoms with Gasteiger partial charge >= 0.3 is 0 Å². The second kappa shape index (κ2) is 7.10. The highest BCUT2D eigenvalue weighted by atomic mass is 35.5. The zero-order chi connectivity index (χ0) is 16.9. The summed E-state index contributed by atoms with van der Waals surface area (Å²) in [5.41, 5.74) is 0.771. The number of nitrogens with zero attached hydrogens (tertiary/aromatic N) is 2. The van der Waals surface area contributed by atoms with E-state index in [4.69, 9.17) is 20.8 Å². The molecule has 3 rings (SSSR count). The number of hydrogen-bond acceptors (Lipinski definition) is 5. The third-order valence-corrected chi connectivity index (χ3v) is 3.27. The van der Waals surface area contributed by atoms with Gasteiger partial charge in [-0.1, -0.05) is 11.6 Å². The summed E-state index contributed by atoms with van der Waals surface area (Å²) in [4.78, 5) is 11.8. The van der Waals surface area contributed by atoms with Crippen molar-refractivity contribution in [2.75, 3.05) is 11.9 Å². The highest BCUT2D eigenvalue weighted by molar-refractivity contribution is 6.30. The monoisotopic (exact) mass is 347 g/mol. The number of halogens is 2. The van der Waals surface area contributed by atoms with Crippen LogP contribution >= 0.6 is 11.6 Å². The molecule has 6 nitrogen and oxygen atoms in total. The Morgan fingerprint density at radius 1 is 1.25 bits per heavy atom. The van der Waals surface area contributed by atoms with Gasteiger partial charge < -0.3 is 14.5 Å². The van der Waals surface area contributed by atoms with Gasteiger partial charge in [0.1, 0.15) is 11.6 Å². The van der Waals surface area contributed by atoms with E-state index in [9.17, 15) is 9.18 Å². The molecule has 1 heterocycles. The minimum Gasteiger partial charge on any atom is -0.484 e. The number of carbonyl (C=O) groups is 1. The second-order valence-electron chi connectivity index (χ2n) is 4.73. The van der Waals surface area contributed by atoms with E-state index >= 15 is 0 Å². The summed E-state index contributed by atoms with van der Waals surface area (Å²) in [7, 11) is 0. The first-order valence-electron chi connectivity index (χ1n) is 6.86. The molecule has 8 heteroatoms. The number of nitrogens with one attached hydrogen (secondary N) is 1. The van der Waals surface area contributed by atoms with Gasteiger partial charge in [-0.25, -0.2) is 4.39 Å². The van der Waals surface area contributed by atoms with E-state index in [0.717, 1.165) is 11.6 Å². The van der Waals surface area contributed by atoms with Crippen molar-refractivity contribution in [3.8, 4) is 17.2 Å². The molecule has 0 aliphatic rings. The molecule has 24 heavy (non-hydrogen) atoms. The van der Waals surface area contributed by atoms with Crippen molar-refractivity contribution in [2.24, 2.45) is 0 Å². The maximum atomic E-state index is 13.6. The van der Waals surface area contributed by atoms with E-state index < -0.39 is 11.7 Å².